The summed E-state index contributed by atoms with van der Waals surface area (Å²) in [6.07, 6.45) is 12.2. The normalized spacial score (nSPS) is 16.1. The van der Waals surface area contributed by atoms with Crippen LogP contribution in [0.25, 0.3) is 33.8 Å². The minimum Gasteiger partial charge on any atom is -0.348 e. The summed E-state index contributed by atoms with van der Waals surface area (Å²) >= 11 is 0. The maximum Gasteiger partial charge on any atom is 0.269 e. The Morgan fingerprint density at radius 2 is 1.07 bits per heavy atom. The van der Waals surface area contributed by atoms with Gasteiger partial charge >= 0.3 is 0 Å². The van der Waals surface area contributed by atoms with Crippen LogP contribution in [0.2, 0.25) is 0 Å². The van der Waals surface area contributed by atoms with Crippen molar-refractivity contribution in [3.8, 4) is 22.5 Å². The zero-order valence-corrected chi connectivity index (χ0v) is 32.0. The summed E-state index contributed by atoms with van der Waals surface area (Å²) in [4.78, 5) is 38.8. The quantitative estimate of drug-likeness (QED) is 0.180. The highest BCUT2D eigenvalue weighted by Crippen LogP contribution is 2.28. The van der Waals surface area contributed by atoms with E-state index in [4.69, 9.17) is 0 Å². The van der Waals surface area contributed by atoms with Crippen molar-refractivity contribution in [1.82, 2.24) is 70.0 Å². The van der Waals surface area contributed by atoms with E-state index in [0.717, 1.165) is 121 Å². The molecule has 0 saturated carbocycles. The average Bonchev–Trinajstić information content (AvgIpc) is 3.99. The molecule has 2 aliphatic heterocycles. The summed E-state index contributed by atoms with van der Waals surface area (Å²) < 4.78 is 3.49. The van der Waals surface area contributed by atoms with Crippen molar-refractivity contribution in [3.63, 3.8) is 0 Å². The van der Waals surface area contributed by atoms with Crippen molar-refractivity contribution in [2.75, 3.05) is 40.3 Å². The van der Waals surface area contributed by atoms with Crippen molar-refractivity contribution in [2.45, 2.75) is 78.3 Å². The van der Waals surface area contributed by atoms with Gasteiger partial charge in [0.05, 0.1) is 11.4 Å². The van der Waals surface area contributed by atoms with Crippen LogP contribution in [0.5, 0.6) is 0 Å². The number of aromatic nitrogens is 10. The smallest absolute Gasteiger partial charge is 0.269 e. The summed E-state index contributed by atoms with van der Waals surface area (Å²) in [5, 5.41) is 29.6. The van der Waals surface area contributed by atoms with Crippen LogP contribution < -0.4 is 10.6 Å². The minimum atomic E-state index is -0.0706. The first-order valence-corrected chi connectivity index (χ1v) is 18.9. The van der Waals surface area contributed by atoms with E-state index in [9.17, 15) is 9.59 Å². The van der Waals surface area contributed by atoms with E-state index in [1.165, 1.54) is 12.7 Å². The van der Waals surface area contributed by atoms with Gasteiger partial charge in [-0.05, 0) is 116 Å². The summed E-state index contributed by atoms with van der Waals surface area (Å²) in [5.41, 5.74) is 10.1. The number of hydrogen-bond acceptors (Lipinski definition) is 10. The number of rotatable bonds is 8. The summed E-state index contributed by atoms with van der Waals surface area (Å²) in [6, 6.07) is 4.52. The molecular weight excluding hydrogens is 685 g/mol. The molecule has 6 aromatic rings. The second kappa shape index (κ2) is 15.9. The molecule has 6 aromatic heterocycles. The van der Waals surface area contributed by atoms with Crippen molar-refractivity contribution in [2.24, 2.45) is 0 Å². The number of H-pyrrole nitrogens is 2. The van der Waals surface area contributed by atoms with Crippen LogP contribution in [0.3, 0.4) is 0 Å². The van der Waals surface area contributed by atoms with Gasteiger partial charge in [0.1, 0.15) is 24.0 Å². The number of aryl methyl sites for hydroxylation is 2. The standard InChI is InChI=1S/2C19H25N7O/c2*1-4-15-16(13-9-12(2)18-20-11-21-26(18)10-13)23-24-17(15)19(27)22-14-5-7-25(3)8-6-14/h2*9-11,14H,4-8H2,1-3H3,(H,22,27)(H,23,24). The van der Waals surface area contributed by atoms with Crippen LogP contribution in [0.4, 0.5) is 0 Å². The van der Waals surface area contributed by atoms with Gasteiger partial charge in [-0.1, -0.05) is 13.8 Å². The molecule has 0 aromatic carbocycles. The largest absolute Gasteiger partial charge is 0.348 e. The van der Waals surface area contributed by atoms with E-state index in [1.54, 1.807) is 9.03 Å². The SMILES string of the molecule is CCc1c(-c2cc(C)c3ncnn3c2)n[nH]c1C(=O)NC1CCN(C)CC1.CCc1c(-c2cc(C)c3ncnn3c2)n[nH]c1C(=O)NC1CCN(C)CC1. The molecule has 8 heterocycles. The number of nitrogens with one attached hydrogen (secondary N) is 4. The lowest BCUT2D eigenvalue weighted by atomic mass is 10.0. The van der Waals surface area contributed by atoms with E-state index in [1.807, 2.05) is 52.2 Å². The molecule has 0 aliphatic carbocycles. The molecule has 0 radical (unpaired) electrons. The fraction of sp³-hybridized carbons (Fsp3) is 0.474. The molecule has 0 bridgehead atoms. The maximum atomic E-state index is 12.8. The van der Waals surface area contributed by atoms with Gasteiger partial charge in [-0.2, -0.15) is 20.4 Å². The van der Waals surface area contributed by atoms with Crippen LogP contribution in [0, 0.1) is 13.8 Å². The first-order valence-electron chi connectivity index (χ1n) is 18.9. The van der Waals surface area contributed by atoms with Crippen LogP contribution >= 0.6 is 0 Å². The zero-order valence-electron chi connectivity index (χ0n) is 32.0. The van der Waals surface area contributed by atoms with E-state index in [2.05, 4.69) is 75.1 Å². The van der Waals surface area contributed by atoms with Crippen molar-refractivity contribution < 1.29 is 9.59 Å². The van der Waals surface area contributed by atoms with Gasteiger partial charge in [-0.3, -0.25) is 19.8 Å². The van der Waals surface area contributed by atoms with Gasteiger partial charge in [0.25, 0.3) is 11.8 Å². The maximum absolute atomic E-state index is 12.8. The van der Waals surface area contributed by atoms with Gasteiger partial charge in [-0.15, -0.1) is 0 Å². The van der Waals surface area contributed by atoms with Gasteiger partial charge in [0.2, 0.25) is 0 Å². The van der Waals surface area contributed by atoms with E-state index in [0.29, 0.717) is 11.4 Å². The molecule has 2 aliphatic rings. The number of carbonyl (C=O) groups excluding carboxylic acids is 2. The van der Waals surface area contributed by atoms with E-state index < -0.39 is 0 Å². The number of amides is 2. The monoisotopic (exact) mass is 734 g/mol. The highest BCUT2D eigenvalue weighted by atomic mass is 16.2. The Morgan fingerprint density at radius 3 is 1.44 bits per heavy atom. The molecule has 0 spiro atoms. The first-order chi connectivity index (χ1) is 26.1. The van der Waals surface area contributed by atoms with Gasteiger partial charge in [-0.25, -0.2) is 19.0 Å². The Kier molecular flexibility index (Phi) is 10.8. The van der Waals surface area contributed by atoms with E-state index >= 15 is 0 Å². The number of aromatic amines is 2. The molecule has 2 fully saturated rings. The van der Waals surface area contributed by atoms with Crippen LogP contribution in [0.1, 0.15) is 82.8 Å². The third-order valence-electron chi connectivity index (χ3n) is 10.7. The lowest BCUT2D eigenvalue weighted by Crippen LogP contribution is -2.43. The summed E-state index contributed by atoms with van der Waals surface area (Å²) in [7, 11) is 4.23. The van der Waals surface area contributed by atoms with Gasteiger partial charge < -0.3 is 20.4 Å². The summed E-state index contributed by atoms with van der Waals surface area (Å²) in [5.74, 6) is -0.141. The molecule has 2 saturated heterocycles. The lowest BCUT2D eigenvalue weighted by molar-refractivity contribution is 0.0902. The Balaban J connectivity index is 0.000000167. The summed E-state index contributed by atoms with van der Waals surface area (Å²) in [6.45, 7) is 12.1. The second-order valence-electron chi connectivity index (χ2n) is 14.5. The van der Waals surface area contributed by atoms with Gasteiger partial charge in [0.15, 0.2) is 11.3 Å². The number of piperidine rings is 2. The average molecular weight is 735 g/mol. The van der Waals surface area contributed by atoms with Crippen LogP contribution in [-0.2, 0) is 12.8 Å². The number of nitrogens with zero attached hydrogens (tertiary/aromatic N) is 10. The fourth-order valence-corrected chi connectivity index (χ4v) is 7.54. The molecule has 16 nitrogen and oxygen atoms in total. The highest BCUT2D eigenvalue weighted by Gasteiger charge is 2.26. The van der Waals surface area contributed by atoms with Crippen molar-refractivity contribution in [1.29, 1.82) is 0 Å². The van der Waals surface area contributed by atoms with Crippen LogP contribution in [0.15, 0.2) is 37.2 Å². The predicted molar refractivity (Wildman–Crippen MR) is 205 cm³/mol. The molecule has 54 heavy (non-hydrogen) atoms. The molecule has 0 atom stereocenters. The molecule has 4 N–H and O–H groups in total. The second-order valence-corrected chi connectivity index (χ2v) is 14.5. The molecular formula is C38H50N14O2. The number of pyridine rings is 2. The minimum absolute atomic E-state index is 0.0706. The number of hydrogen-bond donors (Lipinski definition) is 4. The third kappa shape index (κ3) is 7.61. The predicted octanol–water partition coefficient (Wildman–Crippen LogP) is 3.63. The van der Waals surface area contributed by atoms with Crippen LogP contribution in [-0.4, -0.2) is 124 Å². The van der Waals surface area contributed by atoms with Crippen molar-refractivity contribution in [3.05, 3.63) is 70.8 Å². The third-order valence-corrected chi connectivity index (χ3v) is 10.7. The van der Waals surface area contributed by atoms with E-state index in [-0.39, 0.29) is 23.9 Å². The first kappa shape index (κ1) is 36.9. The Bertz CT molecular complexity index is 2090. The Morgan fingerprint density at radius 1 is 0.685 bits per heavy atom. The molecule has 0 unspecified atom stereocenters. The van der Waals surface area contributed by atoms with Gasteiger partial charge in [0, 0.05) is 46.7 Å². The number of likely N-dealkylation sites (tertiary alicyclic amines) is 2. The molecule has 8 rings (SSSR count). The Labute approximate surface area is 314 Å². The molecule has 16 heteroatoms. The molecule has 2 amide bonds. The zero-order chi connectivity index (χ0) is 37.9. The fourth-order valence-electron chi connectivity index (χ4n) is 7.54. The number of fused-ring (bicyclic) bond motifs is 2. The Hall–Kier alpha value is -5.48. The number of carbonyl (C=O) groups is 2. The topological polar surface area (TPSA) is 182 Å². The molecule has 284 valence electrons. The van der Waals surface area contributed by atoms with Crippen molar-refractivity contribution >= 4 is 23.1 Å². The lowest BCUT2D eigenvalue weighted by Gasteiger charge is -2.29. The highest BCUT2D eigenvalue weighted by molar-refractivity contribution is 5.96.